The maximum atomic E-state index is 13.1. The smallest absolute Gasteiger partial charge is 0.258 e. The number of hydrogen-bond acceptors (Lipinski definition) is 3. The molecule has 2 amide bonds. The Kier molecular flexibility index (Phi) is 5.16. The zero-order valence-corrected chi connectivity index (χ0v) is 14.7. The lowest BCUT2D eigenvalue weighted by atomic mass is 10.0. The van der Waals surface area contributed by atoms with Crippen LogP contribution in [0.5, 0.6) is 0 Å². The van der Waals surface area contributed by atoms with E-state index < -0.39 is 6.04 Å². The second-order valence-electron chi connectivity index (χ2n) is 6.39. The molecule has 2 heterocycles. The summed E-state index contributed by atoms with van der Waals surface area (Å²) in [4.78, 5) is 27.2. The molecule has 132 valence electrons. The minimum Gasteiger partial charge on any atom is -0.353 e. The molecule has 0 saturated carbocycles. The Morgan fingerprint density at radius 1 is 1.32 bits per heavy atom. The van der Waals surface area contributed by atoms with Gasteiger partial charge in [-0.3, -0.25) is 14.3 Å². The molecule has 0 spiro atoms. The van der Waals surface area contributed by atoms with Gasteiger partial charge in [0, 0.05) is 32.3 Å². The molecular formula is C19H24N4O2. The van der Waals surface area contributed by atoms with E-state index in [1.54, 1.807) is 15.8 Å². The zero-order valence-electron chi connectivity index (χ0n) is 14.7. The molecule has 1 atom stereocenters. The van der Waals surface area contributed by atoms with Crippen molar-refractivity contribution in [3.05, 3.63) is 53.3 Å². The molecular weight excluding hydrogens is 316 g/mol. The van der Waals surface area contributed by atoms with Gasteiger partial charge in [0.05, 0.1) is 11.3 Å². The molecule has 1 fully saturated rings. The summed E-state index contributed by atoms with van der Waals surface area (Å²) in [5.41, 5.74) is 2.34. The highest BCUT2D eigenvalue weighted by Gasteiger charge is 2.34. The highest BCUT2D eigenvalue weighted by Crippen LogP contribution is 2.17. The van der Waals surface area contributed by atoms with Crippen molar-refractivity contribution >= 4 is 11.8 Å². The molecule has 0 unspecified atom stereocenters. The number of nitrogens with one attached hydrogen (secondary N) is 1. The van der Waals surface area contributed by atoms with Crippen molar-refractivity contribution in [2.24, 2.45) is 0 Å². The van der Waals surface area contributed by atoms with Gasteiger partial charge in [-0.25, -0.2) is 0 Å². The summed E-state index contributed by atoms with van der Waals surface area (Å²) < 4.78 is 1.80. The topological polar surface area (TPSA) is 67.2 Å². The number of aromatic nitrogens is 2. The number of rotatable bonds is 5. The Labute approximate surface area is 147 Å². The van der Waals surface area contributed by atoms with Gasteiger partial charge in [-0.2, -0.15) is 5.10 Å². The second kappa shape index (κ2) is 7.51. The van der Waals surface area contributed by atoms with Crippen LogP contribution in [-0.4, -0.2) is 45.6 Å². The predicted molar refractivity (Wildman–Crippen MR) is 95.2 cm³/mol. The number of benzene rings is 1. The summed E-state index contributed by atoms with van der Waals surface area (Å²) in [6.45, 7) is 5.69. The first-order valence-corrected chi connectivity index (χ1v) is 8.76. The van der Waals surface area contributed by atoms with E-state index in [9.17, 15) is 9.59 Å². The van der Waals surface area contributed by atoms with E-state index in [1.165, 1.54) is 0 Å². The number of aryl methyl sites for hydroxylation is 2. The van der Waals surface area contributed by atoms with Crippen LogP contribution in [0.1, 0.15) is 35.0 Å². The predicted octanol–water partition coefficient (Wildman–Crippen LogP) is 1.78. The van der Waals surface area contributed by atoms with Crippen LogP contribution in [0.3, 0.4) is 0 Å². The van der Waals surface area contributed by atoms with Gasteiger partial charge in [0.15, 0.2) is 0 Å². The van der Waals surface area contributed by atoms with Crippen molar-refractivity contribution in [3.63, 3.8) is 0 Å². The summed E-state index contributed by atoms with van der Waals surface area (Å²) in [5, 5.41) is 7.29. The van der Waals surface area contributed by atoms with Crippen LogP contribution in [0.2, 0.25) is 0 Å². The van der Waals surface area contributed by atoms with E-state index >= 15 is 0 Å². The maximum absolute atomic E-state index is 13.1. The number of carbonyl (C=O) groups excluding carboxylic acids is 2. The molecule has 3 rings (SSSR count). The Morgan fingerprint density at radius 2 is 2.08 bits per heavy atom. The van der Waals surface area contributed by atoms with Crippen LogP contribution in [0.4, 0.5) is 0 Å². The standard InChI is InChI=1S/C19H24N4O2/c1-3-10-22-13-16(14(2)21-22)19(25)23-11-9-20-18(24)17(23)12-15-7-5-4-6-8-15/h4-8,13,17H,3,9-12H2,1-2H3,(H,20,24)/t17-/m0/s1. The Bertz CT molecular complexity index is 754. The van der Waals surface area contributed by atoms with Crippen LogP contribution in [0.15, 0.2) is 36.5 Å². The Balaban J connectivity index is 1.84. The third kappa shape index (κ3) is 3.73. The first kappa shape index (κ1) is 17.2. The molecule has 1 aliphatic rings. The summed E-state index contributed by atoms with van der Waals surface area (Å²) >= 11 is 0. The quantitative estimate of drug-likeness (QED) is 0.902. The molecule has 6 nitrogen and oxygen atoms in total. The van der Waals surface area contributed by atoms with Crippen LogP contribution in [-0.2, 0) is 17.8 Å². The van der Waals surface area contributed by atoms with E-state index in [1.807, 2.05) is 37.3 Å². The van der Waals surface area contributed by atoms with Gasteiger partial charge >= 0.3 is 0 Å². The highest BCUT2D eigenvalue weighted by molar-refractivity contribution is 5.98. The van der Waals surface area contributed by atoms with Crippen molar-refractivity contribution in [1.82, 2.24) is 20.0 Å². The normalized spacial score (nSPS) is 17.4. The first-order chi connectivity index (χ1) is 12.1. The number of amides is 2. The number of nitrogens with zero attached hydrogens (tertiary/aromatic N) is 3. The van der Waals surface area contributed by atoms with Crippen molar-refractivity contribution in [3.8, 4) is 0 Å². The summed E-state index contributed by atoms with van der Waals surface area (Å²) in [7, 11) is 0. The van der Waals surface area contributed by atoms with Gasteiger partial charge in [-0.05, 0) is 18.9 Å². The summed E-state index contributed by atoms with van der Waals surface area (Å²) in [6.07, 6.45) is 3.27. The average Bonchev–Trinajstić information content (AvgIpc) is 2.98. The van der Waals surface area contributed by atoms with E-state index in [-0.39, 0.29) is 11.8 Å². The molecule has 25 heavy (non-hydrogen) atoms. The zero-order chi connectivity index (χ0) is 17.8. The van der Waals surface area contributed by atoms with E-state index in [2.05, 4.69) is 17.3 Å². The van der Waals surface area contributed by atoms with Gasteiger partial charge in [0.1, 0.15) is 6.04 Å². The molecule has 1 N–H and O–H groups in total. The summed E-state index contributed by atoms with van der Waals surface area (Å²) in [5.74, 6) is -0.210. The van der Waals surface area contributed by atoms with Crippen molar-refractivity contribution in [1.29, 1.82) is 0 Å². The molecule has 0 bridgehead atoms. The highest BCUT2D eigenvalue weighted by atomic mass is 16.2. The fraction of sp³-hybridized carbons (Fsp3) is 0.421. The third-order valence-electron chi connectivity index (χ3n) is 4.49. The van der Waals surface area contributed by atoms with E-state index in [0.717, 1.165) is 18.5 Å². The van der Waals surface area contributed by atoms with Crippen molar-refractivity contribution in [2.75, 3.05) is 13.1 Å². The molecule has 6 heteroatoms. The monoisotopic (exact) mass is 340 g/mol. The van der Waals surface area contributed by atoms with E-state index in [4.69, 9.17) is 0 Å². The number of piperazine rings is 1. The molecule has 1 aromatic heterocycles. The molecule has 2 aromatic rings. The number of hydrogen-bond donors (Lipinski definition) is 1. The lowest BCUT2D eigenvalue weighted by Gasteiger charge is -2.35. The Hall–Kier alpha value is -2.63. The Morgan fingerprint density at radius 3 is 2.80 bits per heavy atom. The SMILES string of the molecule is CCCn1cc(C(=O)N2CCNC(=O)[C@@H]2Cc2ccccc2)c(C)n1. The van der Waals surface area contributed by atoms with E-state index in [0.29, 0.717) is 30.8 Å². The van der Waals surface area contributed by atoms with Crippen molar-refractivity contribution < 1.29 is 9.59 Å². The van der Waals surface area contributed by atoms with Crippen molar-refractivity contribution in [2.45, 2.75) is 39.3 Å². The fourth-order valence-corrected chi connectivity index (χ4v) is 3.22. The minimum absolute atomic E-state index is 0.0953. The van der Waals surface area contributed by atoms with Gasteiger partial charge in [0.25, 0.3) is 5.91 Å². The molecule has 0 radical (unpaired) electrons. The lowest BCUT2D eigenvalue weighted by Crippen LogP contribution is -2.58. The van der Waals surface area contributed by atoms with Crippen LogP contribution < -0.4 is 5.32 Å². The van der Waals surface area contributed by atoms with Crippen LogP contribution in [0.25, 0.3) is 0 Å². The third-order valence-corrected chi connectivity index (χ3v) is 4.49. The largest absolute Gasteiger partial charge is 0.353 e. The van der Waals surface area contributed by atoms with Crippen LogP contribution in [0, 0.1) is 6.92 Å². The fourth-order valence-electron chi connectivity index (χ4n) is 3.22. The van der Waals surface area contributed by atoms with Gasteiger partial charge in [-0.15, -0.1) is 0 Å². The molecule has 0 aliphatic carbocycles. The second-order valence-corrected chi connectivity index (χ2v) is 6.39. The maximum Gasteiger partial charge on any atom is 0.258 e. The van der Waals surface area contributed by atoms with Gasteiger partial charge < -0.3 is 10.2 Å². The van der Waals surface area contributed by atoms with Gasteiger partial charge in [-0.1, -0.05) is 37.3 Å². The molecule has 1 aromatic carbocycles. The lowest BCUT2D eigenvalue weighted by molar-refractivity contribution is -0.127. The first-order valence-electron chi connectivity index (χ1n) is 8.76. The number of carbonyl (C=O) groups is 2. The minimum atomic E-state index is -0.488. The molecule has 1 aliphatic heterocycles. The average molecular weight is 340 g/mol. The van der Waals surface area contributed by atoms with Gasteiger partial charge in [0.2, 0.25) is 5.91 Å². The molecule has 1 saturated heterocycles. The van der Waals surface area contributed by atoms with Crippen LogP contribution >= 0.6 is 0 Å². The summed E-state index contributed by atoms with van der Waals surface area (Å²) in [6, 6.07) is 9.31.